The van der Waals surface area contributed by atoms with Crippen molar-refractivity contribution in [3.05, 3.63) is 28.0 Å². The molecular weight excluding hydrogens is 396 g/mol. The third-order valence-corrected chi connectivity index (χ3v) is 5.33. The van der Waals surface area contributed by atoms with Gasteiger partial charge in [-0.3, -0.25) is 9.69 Å². The predicted octanol–water partition coefficient (Wildman–Crippen LogP) is 1.44. The van der Waals surface area contributed by atoms with Crippen molar-refractivity contribution in [2.75, 3.05) is 11.4 Å². The molecular formula is C12H10BrClN4O3S. The zero-order valence-electron chi connectivity index (χ0n) is 11.0. The molecule has 1 saturated heterocycles. The summed E-state index contributed by atoms with van der Waals surface area (Å²) in [4.78, 5) is 21.6. The molecule has 2 aromatic rings. The van der Waals surface area contributed by atoms with Gasteiger partial charge in [0.05, 0.1) is 5.52 Å². The van der Waals surface area contributed by atoms with Crippen LogP contribution < -0.4 is 10.0 Å². The van der Waals surface area contributed by atoms with E-state index in [1.807, 2.05) is 0 Å². The summed E-state index contributed by atoms with van der Waals surface area (Å²) in [5.74, 6) is -0.0810. The lowest BCUT2D eigenvalue weighted by atomic mass is 10.2. The van der Waals surface area contributed by atoms with Gasteiger partial charge in [0, 0.05) is 22.8 Å². The van der Waals surface area contributed by atoms with Crippen molar-refractivity contribution in [3.8, 4) is 0 Å². The van der Waals surface area contributed by atoms with Gasteiger partial charge in [0.25, 0.3) is 0 Å². The van der Waals surface area contributed by atoms with Gasteiger partial charge in [-0.05, 0) is 29.8 Å². The second-order valence-electron chi connectivity index (χ2n) is 4.90. The number of nitrogens with two attached hydrogens (primary N) is 1. The number of hydrogen-bond donors (Lipinski definition) is 1. The van der Waals surface area contributed by atoms with Gasteiger partial charge in [-0.25, -0.2) is 18.5 Å². The molecule has 1 unspecified atom stereocenters. The van der Waals surface area contributed by atoms with Crippen molar-refractivity contribution in [3.63, 3.8) is 0 Å². The van der Waals surface area contributed by atoms with E-state index in [2.05, 4.69) is 25.9 Å². The molecule has 1 atom stereocenters. The van der Waals surface area contributed by atoms with Crippen molar-refractivity contribution < 1.29 is 13.2 Å². The molecule has 7 nitrogen and oxygen atoms in total. The molecule has 1 aliphatic rings. The summed E-state index contributed by atoms with van der Waals surface area (Å²) >= 11 is 9.25. The normalized spacial score (nSPS) is 19.1. The number of halogens is 2. The van der Waals surface area contributed by atoms with Crippen molar-refractivity contribution in [2.24, 2.45) is 5.14 Å². The molecule has 22 heavy (non-hydrogen) atoms. The first-order chi connectivity index (χ1) is 10.3. The number of benzene rings is 1. The number of carbonyl (C=O) groups excluding carboxylic acids is 1. The largest absolute Gasteiger partial charge is 0.295 e. The molecule has 0 aliphatic carbocycles. The van der Waals surface area contributed by atoms with Crippen LogP contribution in [0.1, 0.15) is 6.42 Å². The fourth-order valence-electron chi connectivity index (χ4n) is 2.36. The highest BCUT2D eigenvalue weighted by molar-refractivity contribution is 9.10. The van der Waals surface area contributed by atoms with Crippen LogP contribution in [0.25, 0.3) is 10.9 Å². The number of primary sulfonamides is 1. The number of amides is 1. The molecule has 0 spiro atoms. The Bertz CT molecular complexity index is 889. The van der Waals surface area contributed by atoms with Crippen molar-refractivity contribution >= 4 is 60.2 Å². The second-order valence-corrected chi connectivity index (χ2v) is 8.00. The summed E-state index contributed by atoms with van der Waals surface area (Å²) in [5.41, 5.74) is 0.560. The lowest BCUT2D eigenvalue weighted by molar-refractivity contribution is -0.117. The van der Waals surface area contributed by atoms with Crippen LogP contribution in [-0.2, 0) is 14.8 Å². The quantitative estimate of drug-likeness (QED) is 0.761. The number of rotatable bonds is 2. The molecule has 0 radical (unpaired) electrons. The molecule has 10 heteroatoms. The molecule has 2 heterocycles. The Hall–Kier alpha value is -1.29. The van der Waals surface area contributed by atoms with Crippen molar-refractivity contribution in [1.29, 1.82) is 0 Å². The first-order valence-electron chi connectivity index (χ1n) is 6.20. The minimum absolute atomic E-state index is 0.0170. The van der Waals surface area contributed by atoms with Gasteiger partial charge in [-0.2, -0.15) is 4.98 Å². The van der Waals surface area contributed by atoms with Crippen LogP contribution in [0.5, 0.6) is 0 Å². The van der Waals surface area contributed by atoms with Gasteiger partial charge in [0.2, 0.25) is 21.2 Å². The Balaban J connectivity index is 2.14. The van der Waals surface area contributed by atoms with E-state index < -0.39 is 15.3 Å². The van der Waals surface area contributed by atoms with Crippen LogP contribution >= 0.6 is 27.5 Å². The van der Waals surface area contributed by atoms with E-state index in [1.54, 1.807) is 18.2 Å². The molecule has 0 bridgehead atoms. The molecule has 2 N–H and O–H groups in total. The molecule has 1 aromatic heterocycles. The summed E-state index contributed by atoms with van der Waals surface area (Å²) in [6.07, 6.45) is -0.171. The molecule has 3 rings (SSSR count). The fourth-order valence-corrected chi connectivity index (χ4v) is 3.63. The third-order valence-electron chi connectivity index (χ3n) is 3.42. The average Bonchev–Trinajstić information content (AvgIpc) is 2.80. The predicted molar refractivity (Wildman–Crippen MR) is 86.1 cm³/mol. The van der Waals surface area contributed by atoms with Crippen molar-refractivity contribution in [2.45, 2.75) is 11.7 Å². The Morgan fingerprint density at radius 1 is 1.36 bits per heavy atom. The summed E-state index contributed by atoms with van der Waals surface area (Å²) in [5, 5.41) is 4.77. The maximum atomic E-state index is 12.2. The van der Waals surface area contributed by atoms with Gasteiger partial charge in [-0.1, -0.05) is 15.9 Å². The maximum absolute atomic E-state index is 12.2. The molecule has 1 fully saturated rings. The summed E-state index contributed by atoms with van der Waals surface area (Å²) in [6, 6.07) is 5.27. The molecule has 1 aromatic carbocycles. The third kappa shape index (κ3) is 2.81. The highest BCUT2D eigenvalue weighted by Crippen LogP contribution is 2.31. The number of fused-ring (bicyclic) bond motifs is 1. The highest BCUT2D eigenvalue weighted by Gasteiger charge is 2.38. The minimum atomic E-state index is -3.80. The zero-order valence-corrected chi connectivity index (χ0v) is 14.2. The smallest absolute Gasteiger partial charge is 0.229 e. The van der Waals surface area contributed by atoms with Crippen molar-refractivity contribution in [1.82, 2.24) is 9.97 Å². The number of hydrogen-bond acceptors (Lipinski definition) is 5. The van der Waals surface area contributed by atoms with Crippen LogP contribution in [0.3, 0.4) is 0 Å². The fraction of sp³-hybridized carbons (Fsp3) is 0.250. The van der Waals surface area contributed by atoms with Crippen LogP contribution in [0, 0.1) is 0 Å². The SMILES string of the molecule is NS(=O)(=O)C1CC(=O)N(c2nc(Cl)nc3ccc(Br)cc23)C1. The van der Waals surface area contributed by atoms with E-state index in [0.29, 0.717) is 10.9 Å². The number of carbonyl (C=O) groups is 1. The van der Waals surface area contributed by atoms with Gasteiger partial charge in [-0.15, -0.1) is 0 Å². The number of sulfonamides is 1. The minimum Gasteiger partial charge on any atom is -0.295 e. The van der Waals surface area contributed by atoms with Crippen LogP contribution in [0.4, 0.5) is 5.82 Å². The van der Waals surface area contributed by atoms with Gasteiger partial charge in [0.15, 0.2) is 0 Å². The van der Waals surface area contributed by atoms with E-state index in [1.165, 1.54) is 4.90 Å². The van der Waals surface area contributed by atoms with E-state index in [0.717, 1.165) is 4.47 Å². The van der Waals surface area contributed by atoms with Crippen LogP contribution in [-0.4, -0.2) is 36.1 Å². The maximum Gasteiger partial charge on any atom is 0.229 e. The molecule has 1 amide bonds. The molecule has 116 valence electrons. The lowest BCUT2D eigenvalue weighted by Crippen LogP contribution is -2.32. The Morgan fingerprint density at radius 2 is 2.09 bits per heavy atom. The Labute approximate surface area is 139 Å². The standard InChI is InChI=1S/C12H10BrClN4O3S/c13-6-1-2-9-8(3-6)11(17-12(14)16-9)18-5-7(4-10(18)19)22(15,20)21/h1-3,7H,4-5H2,(H2,15,20,21). The summed E-state index contributed by atoms with van der Waals surface area (Å²) in [7, 11) is -3.80. The Kier molecular flexibility index (Phi) is 3.84. The number of anilines is 1. The summed E-state index contributed by atoms with van der Waals surface area (Å²) in [6.45, 7) is -0.0490. The van der Waals surface area contributed by atoms with E-state index in [-0.39, 0.29) is 30.0 Å². The van der Waals surface area contributed by atoms with E-state index in [9.17, 15) is 13.2 Å². The molecule has 0 saturated carbocycles. The van der Waals surface area contributed by atoms with Gasteiger partial charge in [0.1, 0.15) is 11.1 Å². The van der Waals surface area contributed by atoms with Gasteiger partial charge < -0.3 is 0 Å². The average molecular weight is 406 g/mol. The molecule has 1 aliphatic heterocycles. The van der Waals surface area contributed by atoms with E-state index in [4.69, 9.17) is 16.7 Å². The topological polar surface area (TPSA) is 106 Å². The van der Waals surface area contributed by atoms with Gasteiger partial charge >= 0.3 is 0 Å². The zero-order chi connectivity index (χ0) is 16.1. The number of nitrogens with zero attached hydrogens (tertiary/aromatic N) is 3. The van der Waals surface area contributed by atoms with E-state index >= 15 is 0 Å². The first-order valence-corrected chi connectivity index (χ1v) is 8.98. The highest BCUT2D eigenvalue weighted by atomic mass is 79.9. The number of aromatic nitrogens is 2. The monoisotopic (exact) mass is 404 g/mol. The lowest BCUT2D eigenvalue weighted by Gasteiger charge is -2.17. The summed E-state index contributed by atoms with van der Waals surface area (Å²) < 4.78 is 23.7. The van der Waals surface area contributed by atoms with Crippen LogP contribution in [0.15, 0.2) is 22.7 Å². The first kappa shape index (κ1) is 15.6. The second kappa shape index (κ2) is 5.41. The Morgan fingerprint density at radius 3 is 2.73 bits per heavy atom. The van der Waals surface area contributed by atoms with Crippen LogP contribution in [0.2, 0.25) is 5.28 Å².